The van der Waals surface area contributed by atoms with Crippen LogP contribution < -0.4 is 5.56 Å². The van der Waals surface area contributed by atoms with E-state index in [9.17, 15) is 4.79 Å². The van der Waals surface area contributed by atoms with Crippen molar-refractivity contribution in [3.05, 3.63) is 106 Å². The Morgan fingerprint density at radius 2 is 1.54 bits per heavy atom. The van der Waals surface area contributed by atoms with Gasteiger partial charge < -0.3 is 4.90 Å². The van der Waals surface area contributed by atoms with E-state index >= 15 is 0 Å². The van der Waals surface area contributed by atoms with Crippen molar-refractivity contribution in [3.8, 4) is 5.69 Å². The summed E-state index contributed by atoms with van der Waals surface area (Å²) in [5.74, 6) is 0. The van der Waals surface area contributed by atoms with Gasteiger partial charge in [-0.05, 0) is 48.5 Å². The summed E-state index contributed by atoms with van der Waals surface area (Å²) in [5, 5.41) is 0. The van der Waals surface area contributed by atoms with Crippen molar-refractivity contribution < 1.29 is 0 Å². The van der Waals surface area contributed by atoms with Gasteiger partial charge in [0.1, 0.15) is 0 Å². The lowest BCUT2D eigenvalue weighted by molar-refractivity contribution is 0.393. The van der Waals surface area contributed by atoms with Crippen LogP contribution in [0.4, 0.5) is 0 Å². The van der Waals surface area contributed by atoms with Crippen molar-refractivity contribution in [2.75, 3.05) is 20.1 Å². The first-order valence-electron chi connectivity index (χ1n) is 9.57. The molecule has 3 aromatic rings. The minimum absolute atomic E-state index is 0.0388. The number of aromatic nitrogens is 1. The Morgan fingerprint density at radius 1 is 0.857 bits per heavy atom. The number of hydrogen-bond acceptors (Lipinski definition) is 2. The van der Waals surface area contributed by atoms with Crippen molar-refractivity contribution in [1.82, 2.24) is 9.47 Å². The molecule has 0 N–H and O–H groups in total. The van der Waals surface area contributed by atoms with Crippen molar-refractivity contribution in [3.63, 3.8) is 0 Å². The minimum Gasteiger partial charge on any atom is -0.303 e. The molecule has 0 aliphatic rings. The lowest BCUT2D eigenvalue weighted by Crippen LogP contribution is -2.17. The number of benzene rings is 2. The number of likely N-dealkylation sites (N-methyl/N-ethyl adjacent to an activating group) is 1. The molecule has 3 rings (SSSR count). The monoisotopic (exact) mass is 370 g/mol. The van der Waals surface area contributed by atoms with Gasteiger partial charge in [-0.3, -0.25) is 9.36 Å². The molecule has 28 heavy (non-hydrogen) atoms. The SMILES string of the molecule is CCN(C)C/C=C/c1ccc(-n2ccc(/C=C/c3ccccc3)cc2=O)cc1. The smallest absolute Gasteiger partial charge is 0.255 e. The Balaban J connectivity index is 1.72. The van der Waals surface area contributed by atoms with Crippen LogP contribution in [-0.2, 0) is 0 Å². The first-order chi connectivity index (χ1) is 13.7. The van der Waals surface area contributed by atoms with Crippen LogP contribution in [0.1, 0.15) is 23.6 Å². The zero-order valence-electron chi connectivity index (χ0n) is 16.5. The predicted molar refractivity (Wildman–Crippen MR) is 120 cm³/mol. The largest absolute Gasteiger partial charge is 0.303 e. The van der Waals surface area contributed by atoms with Crippen LogP contribution in [0.15, 0.2) is 83.8 Å². The molecule has 0 spiro atoms. The van der Waals surface area contributed by atoms with E-state index in [-0.39, 0.29) is 5.56 Å². The van der Waals surface area contributed by atoms with Gasteiger partial charge >= 0.3 is 0 Å². The molecule has 0 atom stereocenters. The van der Waals surface area contributed by atoms with Gasteiger partial charge in [0.25, 0.3) is 5.56 Å². The van der Waals surface area contributed by atoms with Gasteiger partial charge in [0.15, 0.2) is 0 Å². The lowest BCUT2D eigenvalue weighted by Gasteiger charge is -2.09. The van der Waals surface area contributed by atoms with Gasteiger partial charge in [-0.25, -0.2) is 0 Å². The summed E-state index contributed by atoms with van der Waals surface area (Å²) in [6.07, 6.45) is 10.1. The Hall–Kier alpha value is -3.17. The fourth-order valence-electron chi connectivity index (χ4n) is 2.81. The molecule has 3 nitrogen and oxygen atoms in total. The number of hydrogen-bond donors (Lipinski definition) is 0. The third-order valence-electron chi connectivity index (χ3n) is 4.65. The van der Waals surface area contributed by atoms with E-state index in [0.29, 0.717) is 0 Å². The summed E-state index contributed by atoms with van der Waals surface area (Å²) < 4.78 is 1.66. The number of rotatable bonds is 7. The maximum absolute atomic E-state index is 12.5. The average molecular weight is 370 g/mol. The fourth-order valence-corrected chi connectivity index (χ4v) is 2.81. The Kier molecular flexibility index (Phi) is 6.77. The third-order valence-corrected chi connectivity index (χ3v) is 4.65. The van der Waals surface area contributed by atoms with Gasteiger partial charge in [0.05, 0.1) is 0 Å². The van der Waals surface area contributed by atoms with Crippen LogP contribution in [0.25, 0.3) is 23.9 Å². The molecular weight excluding hydrogens is 344 g/mol. The van der Waals surface area contributed by atoms with E-state index in [0.717, 1.165) is 35.5 Å². The Bertz CT molecular complexity index is 999. The van der Waals surface area contributed by atoms with E-state index in [1.165, 1.54) is 0 Å². The molecule has 0 bridgehead atoms. The summed E-state index contributed by atoms with van der Waals surface area (Å²) >= 11 is 0. The van der Waals surface area contributed by atoms with Crippen molar-refractivity contribution in [2.45, 2.75) is 6.92 Å². The summed E-state index contributed by atoms with van der Waals surface area (Å²) in [6.45, 7) is 4.10. The topological polar surface area (TPSA) is 25.2 Å². The standard InChI is InChI=1S/C25H26N2O/c1-3-26(2)18-7-10-22-13-15-24(16-14-22)27-19-17-23(20-25(27)28)12-11-21-8-5-4-6-9-21/h4-17,19-20H,3,18H2,1-2H3/b10-7+,12-11+. The molecular formula is C25H26N2O. The van der Waals surface area contributed by atoms with E-state index in [4.69, 9.17) is 0 Å². The summed E-state index contributed by atoms with van der Waals surface area (Å²) in [6, 6.07) is 21.7. The molecule has 3 heteroatoms. The second-order valence-corrected chi connectivity index (χ2v) is 6.76. The lowest BCUT2D eigenvalue weighted by atomic mass is 10.1. The van der Waals surface area contributed by atoms with Crippen LogP contribution >= 0.6 is 0 Å². The second kappa shape index (κ2) is 9.67. The number of pyridine rings is 1. The van der Waals surface area contributed by atoms with Gasteiger partial charge in [-0.2, -0.15) is 0 Å². The molecule has 1 heterocycles. The zero-order valence-corrected chi connectivity index (χ0v) is 16.5. The fraction of sp³-hybridized carbons (Fsp3) is 0.160. The maximum Gasteiger partial charge on any atom is 0.255 e. The van der Waals surface area contributed by atoms with E-state index in [2.05, 4.69) is 31.0 Å². The quantitative estimate of drug-likeness (QED) is 0.586. The van der Waals surface area contributed by atoms with Crippen LogP contribution in [0.3, 0.4) is 0 Å². The highest BCUT2D eigenvalue weighted by Crippen LogP contribution is 2.11. The molecule has 0 unspecified atom stereocenters. The van der Waals surface area contributed by atoms with Crippen molar-refractivity contribution >= 4 is 18.2 Å². The van der Waals surface area contributed by atoms with Crippen LogP contribution in [0.2, 0.25) is 0 Å². The molecule has 0 saturated carbocycles. The summed E-state index contributed by atoms with van der Waals surface area (Å²) in [7, 11) is 2.10. The van der Waals surface area contributed by atoms with Crippen molar-refractivity contribution in [1.29, 1.82) is 0 Å². The molecule has 0 radical (unpaired) electrons. The summed E-state index contributed by atoms with van der Waals surface area (Å²) in [5.41, 5.74) is 3.96. The highest BCUT2D eigenvalue weighted by atomic mass is 16.1. The van der Waals surface area contributed by atoms with Crippen molar-refractivity contribution in [2.24, 2.45) is 0 Å². The first-order valence-corrected chi connectivity index (χ1v) is 9.57. The molecule has 0 fully saturated rings. The predicted octanol–water partition coefficient (Wildman–Crippen LogP) is 4.97. The zero-order chi connectivity index (χ0) is 19.8. The van der Waals surface area contributed by atoms with Gasteiger partial charge in [-0.1, -0.05) is 73.7 Å². The minimum atomic E-state index is -0.0388. The van der Waals surface area contributed by atoms with Gasteiger partial charge in [0.2, 0.25) is 0 Å². The van der Waals surface area contributed by atoms with Gasteiger partial charge in [-0.15, -0.1) is 0 Å². The molecule has 1 aromatic heterocycles. The molecule has 0 aliphatic heterocycles. The molecule has 0 aliphatic carbocycles. The first kappa shape index (κ1) is 19.6. The Morgan fingerprint density at radius 3 is 2.21 bits per heavy atom. The highest BCUT2D eigenvalue weighted by Gasteiger charge is 2.00. The molecule has 0 saturated heterocycles. The number of nitrogens with zero attached hydrogens (tertiary/aromatic N) is 2. The van der Waals surface area contributed by atoms with E-state index < -0.39 is 0 Å². The van der Waals surface area contributed by atoms with E-state index in [1.54, 1.807) is 10.6 Å². The normalized spacial score (nSPS) is 11.7. The molecule has 142 valence electrons. The molecule has 2 aromatic carbocycles. The van der Waals surface area contributed by atoms with Crippen LogP contribution in [-0.4, -0.2) is 29.6 Å². The third kappa shape index (κ3) is 5.41. The van der Waals surface area contributed by atoms with Crippen LogP contribution in [0.5, 0.6) is 0 Å². The summed E-state index contributed by atoms with van der Waals surface area (Å²) in [4.78, 5) is 14.8. The van der Waals surface area contributed by atoms with E-state index in [1.807, 2.05) is 79.0 Å². The maximum atomic E-state index is 12.5. The highest BCUT2D eigenvalue weighted by molar-refractivity contribution is 5.69. The van der Waals surface area contributed by atoms with Gasteiger partial charge in [0, 0.05) is 24.5 Å². The Labute approximate surface area is 166 Å². The molecule has 0 amide bonds. The second-order valence-electron chi connectivity index (χ2n) is 6.76. The van der Waals surface area contributed by atoms with Crippen LogP contribution in [0, 0.1) is 0 Å². The average Bonchev–Trinajstić information content (AvgIpc) is 2.73.